The summed E-state index contributed by atoms with van der Waals surface area (Å²) in [5.74, 6) is 0.158. The molecule has 5 heteroatoms. The molecule has 0 aliphatic heterocycles. The van der Waals surface area contributed by atoms with Crippen LogP contribution in [0.25, 0.3) is 0 Å². The molecule has 0 saturated carbocycles. The van der Waals surface area contributed by atoms with E-state index in [4.69, 9.17) is 9.57 Å². The fourth-order valence-corrected chi connectivity index (χ4v) is 1.61. The summed E-state index contributed by atoms with van der Waals surface area (Å²) in [4.78, 5) is 17.0. The highest BCUT2D eigenvalue weighted by Crippen LogP contribution is 2.26. The van der Waals surface area contributed by atoms with E-state index in [1.807, 2.05) is 0 Å². The molecule has 2 aromatic carbocycles. The number of benzene rings is 2. The van der Waals surface area contributed by atoms with Crippen molar-refractivity contribution in [2.45, 2.75) is 0 Å². The third kappa shape index (κ3) is 3.13. The summed E-state index contributed by atoms with van der Waals surface area (Å²) in [6.07, 6.45) is 0. The molecule has 0 N–H and O–H groups in total. The second-order valence-corrected chi connectivity index (χ2v) is 4.04. The zero-order valence-electron chi connectivity index (χ0n) is 11.2. The van der Waals surface area contributed by atoms with Crippen molar-refractivity contribution in [3.05, 3.63) is 59.9 Å². The van der Waals surface area contributed by atoms with Gasteiger partial charge in [0.2, 0.25) is 0 Å². The van der Waals surface area contributed by atoms with Gasteiger partial charge in [0.1, 0.15) is 17.3 Å². The summed E-state index contributed by atoms with van der Waals surface area (Å²) in [5, 5.41) is 1.10. The molecule has 1 amide bonds. The molecule has 20 heavy (non-hydrogen) atoms. The number of amides is 1. The molecule has 0 aliphatic carbocycles. The fraction of sp³-hybridized carbons (Fsp3) is 0.133. The molecule has 0 saturated heterocycles. The lowest BCUT2D eigenvalue weighted by atomic mass is 10.2. The number of carbonyl (C=O) groups excluding carboxylic acids is 1. The third-order valence-corrected chi connectivity index (χ3v) is 2.72. The van der Waals surface area contributed by atoms with Gasteiger partial charge in [0.05, 0.1) is 12.7 Å². The summed E-state index contributed by atoms with van der Waals surface area (Å²) in [5.41, 5.74) is 0.362. The van der Waals surface area contributed by atoms with Crippen LogP contribution in [-0.2, 0) is 4.84 Å². The quantitative estimate of drug-likeness (QED) is 0.804. The van der Waals surface area contributed by atoms with E-state index in [1.165, 1.54) is 38.4 Å². The number of para-hydroxylation sites is 1. The van der Waals surface area contributed by atoms with Gasteiger partial charge in [0, 0.05) is 7.05 Å². The number of nitrogens with zero attached hydrogens (tertiary/aromatic N) is 1. The van der Waals surface area contributed by atoms with Crippen molar-refractivity contribution in [3.8, 4) is 11.5 Å². The normalized spacial score (nSPS) is 10.2. The van der Waals surface area contributed by atoms with Crippen molar-refractivity contribution in [1.82, 2.24) is 5.06 Å². The summed E-state index contributed by atoms with van der Waals surface area (Å²) in [7, 11) is 2.92. The Labute approximate surface area is 116 Å². The second-order valence-electron chi connectivity index (χ2n) is 4.04. The lowest BCUT2D eigenvalue weighted by Crippen LogP contribution is -2.25. The van der Waals surface area contributed by atoms with E-state index in [0.717, 1.165) is 5.06 Å². The van der Waals surface area contributed by atoms with Gasteiger partial charge in [-0.2, -0.15) is 0 Å². The maximum atomic E-state index is 12.9. The molecule has 0 aromatic heterocycles. The van der Waals surface area contributed by atoms with Crippen molar-refractivity contribution in [2.24, 2.45) is 0 Å². The van der Waals surface area contributed by atoms with Gasteiger partial charge in [-0.05, 0) is 36.4 Å². The van der Waals surface area contributed by atoms with Crippen LogP contribution in [0.2, 0.25) is 0 Å². The predicted octanol–water partition coefficient (Wildman–Crippen LogP) is 3.25. The monoisotopic (exact) mass is 275 g/mol. The van der Waals surface area contributed by atoms with Crippen LogP contribution in [0.1, 0.15) is 10.4 Å². The van der Waals surface area contributed by atoms with E-state index in [1.54, 1.807) is 24.3 Å². The Kier molecular flexibility index (Phi) is 4.32. The van der Waals surface area contributed by atoms with Crippen molar-refractivity contribution >= 4 is 5.91 Å². The SMILES string of the molecule is CON(C)C(=O)c1ccccc1Oc1ccc(F)cc1. The molecular formula is C15H14FNO3. The molecule has 0 bridgehead atoms. The average Bonchev–Trinajstić information content (AvgIpc) is 2.48. The molecule has 0 heterocycles. The zero-order chi connectivity index (χ0) is 14.5. The van der Waals surface area contributed by atoms with Crippen molar-refractivity contribution < 1.29 is 18.8 Å². The topological polar surface area (TPSA) is 38.8 Å². The molecule has 2 rings (SSSR count). The first-order chi connectivity index (χ1) is 9.61. The molecule has 0 atom stereocenters. The summed E-state index contributed by atoms with van der Waals surface area (Å²) >= 11 is 0. The van der Waals surface area contributed by atoms with Gasteiger partial charge in [-0.15, -0.1) is 0 Å². The Hall–Kier alpha value is -2.40. The number of halogens is 1. The van der Waals surface area contributed by atoms with Crippen LogP contribution in [0.3, 0.4) is 0 Å². The highest BCUT2D eigenvalue weighted by atomic mass is 19.1. The van der Waals surface area contributed by atoms with E-state index < -0.39 is 0 Å². The second kappa shape index (κ2) is 6.16. The molecule has 0 radical (unpaired) electrons. The first-order valence-electron chi connectivity index (χ1n) is 5.96. The average molecular weight is 275 g/mol. The molecular weight excluding hydrogens is 261 g/mol. The van der Waals surface area contributed by atoms with Gasteiger partial charge in [0.25, 0.3) is 5.91 Å². The fourth-order valence-electron chi connectivity index (χ4n) is 1.61. The number of hydrogen-bond acceptors (Lipinski definition) is 3. The number of carbonyl (C=O) groups is 1. The van der Waals surface area contributed by atoms with Crippen LogP contribution in [0, 0.1) is 5.82 Å². The standard InChI is InChI=1S/C15H14FNO3/c1-17(19-2)15(18)13-5-3-4-6-14(13)20-12-9-7-11(16)8-10-12/h3-10H,1-2H3. The van der Waals surface area contributed by atoms with Crippen LogP contribution in [0.15, 0.2) is 48.5 Å². The van der Waals surface area contributed by atoms with E-state index in [9.17, 15) is 9.18 Å². The van der Waals surface area contributed by atoms with Gasteiger partial charge in [-0.25, -0.2) is 9.45 Å². The van der Waals surface area contributed by atoms with Gasteiger partial charge < -0.3 is 4.74 Å². The molecule has 0 aliphatic rings. The molecule has 4 nitrogen and oxygen atoms in total. The summed E-state index contributed by atoms with van der Waals surface area (Å²) in [6.45, 7) is 0. The van der Waals surface area contributed by atoms with Gasteiger partial charge in [0.15, 0.2) is 0 Å². The van der Waals surface area contributed by atoms with E-state index in [2.05, 4.69) is 0 Å². The lowest BCUT2D eigenvalue weighted by molar-refractivity contribution is -0.0758. The number of rotatable bonds is 4. The highest BCUT2D eigenvalue weighted by Gasteiger charge is 2.16. The van der Waals surface area contributed by atoms with Crippen LogP contribution < -0.4 is 4.74 Å². The van der Waals surface area contributed by atoms with Crippen molar-refractivity contribution in [2.75, 3.05) is 14.2 Å². The minimum Gasteiger partial charge on any atom is -0.457 e. The number of ether oxygens (including phenoxy) is 1. The first-order valence-corrected chi connectivity index (χ1v) is 5.96. The van der Waals surface area contributed by atoms with Crippen LogP contribution in [-0.4, -0.2) is 25.1 Å². The maximum Gasteiger partial charge on any atom is 0.280 e. The Morgan fingerprint density at radius 3 is 2.40 bits per heavy atom. The maximum absolute atomic E-state index is 12.9. The van der Waals surface area contributed by atoms with Gasteiger partial charge in [-0.1, -0.05) is 12.1 Å². The molecule has 0 fully saturated rings. The number of hydrogen-bond donors (Lipinski definition) is 0. The first kappa shape index (κ1) is 14.0. The van der Waals surface area contributed by atoms with Gasteiger partial charge >= 0.3 is 0 Å². The van der Waals surface area contributed by atoms with E-state index in [0.29, 0.717) is 17.1 Å². The van der Waals surface area contributed by atoms with Crippen LogP contribution >= 0.6 is 0 Å². The summed E-state index contributed by atoms with van der Waals surface area (Å²) < 4.78 is 18.5. The Morgan fingerprint density at radius 2 is 1.75 bits per heavy atom. The van der Waals surface area contributed by atoms with E-state index in [-0.39, 0.29) is 11.7 Å². The smallest absolute Gasteiger partial charge is 0.280 e. The molecule has 104 valence electrons. The van der Waals surface area contributed by atoms with Crippen LogP contribution in [0.4, 0.5) is 4.39 Å². The zero-order valence-corrected chi connectivity index (χ0v) is 11.2. The molecule has 0 spiro atoms. The minimum absolute atomic E-state index is 0.329. The molecule has 2 aromatic rings. The number of hydroxylamine groups is 2. The Morgan fingerprint density at radius 1 is 1.10 bits per heavy atom. The Bertz CT molecular complexity index is 598. The molecule has 0 unspecified atom stereocenters. The Balaban J connectivity index is 2.28. The predicted molar refractivity (Wildman–Crippen MR) is 72.0 cm³/mol. The summed E-state index contributed by atoms with van der Waals surface area (Å²) in [6, 6.07) is 12.4. The van der Waals surface area contributed by atoms with E-state index >= 15 is 0 Å². The van der Waals surface area contributed by atoms with Crippen molar-refractivity contribution in [1.29, 1.82) is 0 Å². The third-order valence-electron chi connectivity index (χ3n) is 2.72. The minimum atomic E-state index is -0.346. The lowest BCUT2D eigenvalue weighted by Gasteiger charge is -2.16. The van der Waals surface area contributed by atoms with Crippen molar-refractivity contribution in [3.63, 3.8) is 0 Å². The van der Waals surface area contributed by atoms with Crippen LogP contribution in [0.5, 0.6) is 11.5 Å². The highest BCUT2D eigenvalue weighted by molar-refractivity contribution is 5.96. The largest absolute Gasteiger partial charge is 0.457 e. The van der Waals surface area contributed by atoms with Gasteiger partial charge in [-0.3, -0.25) is 9.63 Å².